The lowest BCUT2D eigenvalue weighted by atomic mass is 10.1. The molecule has 0 fully saturated rings. The first-order valence-electron chi connectivity index (χ1n) is 5.80. The molecule has 18 heavy (non-hydrogen) atoms. The zero-order chi connectivity index (χ0) is 12.8. The van der Waals surface area contributed by atoms with Gasteiger partial charge in [-0.1, -0.05) is 92.5 Å². The normalized spacial score (nSPS) is 11.0. The van der Waals surface area contributed by atoms with Crippen molar-refractivity contribution in [3.63, 3.8) is 0 Å². The molecule has 0 saturated carbocycles. The Bertz CT molecular complexity index is 460. The van der Waals surface area contributed by atoms with E-state index in [4.69, 9.17) is 0 Å². The molecule has 0 nitrogen and oxygen atoms in total. The molecule has 0 aliphatic rings. The highest BCUT2D eigenvalue weighted by Gasteiger charge is 1.92. The Balaban J connectivity index is 2.08. The maximum absolute atomic E-state index is 3.45. The second-order valence-electron chi connectivity index (χ2n) is 4.08. The summed E-state index contributed by atoms with van der Waals surface area (Å²) < 4.78 is 0. The highest BCUT2D eigenvalue weighted by Crippen LogP contribution is 2.13. The molecule has 0 heterocycles. The molecule has 0 saturated heterocycles. The van der Waals surface area contributed by atoms with Gasteiger partial charge in [0.05, 0.1) is 0 Å². The van der Waals surface area contributed by atoms with Crippen LogP contribution < -0.4 is 0 Å². The zero-order valence-electron chi connectivity index (χ0n) is 9.94. The number of hydrogen-bond donors (Lipinski definition) is 0. The third kappa shape index (κ3) is 3.82. The van der Waals surface area contributed by atoms with Gasteiger partial charge in [-0.3, -0.25) is 0 Å². The molecule has 2 heteroatoms. The summed E-state index contributed by atoms with van der Waals surface area (Å²) in [6.07, 6.45) is 4.28. The smallest absolute Gasteiger partial charge is 0.0283 e. The highest BCUT2D eigenvalue weighted by molar-refractivity contribution is 9.08. The van der Waals surface area contributed by atoms with Crippen LogP contribution >= 0.6 is 31.9 Å². The molecule has 0 aliphatic carbocycles. The molecule has 0 N–H and O–H groups in total. The SMILES string of the molecule is BrCc1ccc(C=Cc2ccc(CBr)cc2)cc1. The van der Waals surface area contributed by atoms with Crippen molar-refractivity contribution in [3.05, 3.63) is 70.8 Å². The van der Waals surface area contributed by atoms with E-state index in [0.29, 0.717) is 0 Å². The monoisotopic (exact) mass is 364 g/mol. The molecule has 0 amide bonds. The highest BCUT2D eigenvalue weighted by atomic mass is 79.9. The van der Waals surface area contributed by atoms with Gasteiger partial charge < -0.3 is 0 Å². The zero-order valence-corrected chi connectivity index (χ0v) is 13.1. The van der Waals surface area contributed by atoms with Crippen molar-refractivity contribution in [2.75, 3.05) is 0 Å². The van der Waals surface area contributed by atoms with Crippen LogP contribution in [0.2, 0.25) is 0 Å². The Morgan fingerprint density at radius 1 is 0.611 bits per heavy atom. The van der Waals surface area contributed by atoms with Crippen LogP contribution in [0.3, 0.4) is 0 Å². The van der Waals surface area contributed by atoms with E-state index in [0.717, 1.165) is 10.7 Å². The van der Waals surface area contributed by atoms with Gasteiger partial charge in [0.15, 0.2) is 0 Å². The first kappa shape index (κ1) is 13.6. The Hall–Kier alpha value is -0.860. The summed E-state index contributed by atoms with van der Waals surface area (Å²) in [5.41, 5.74) is 5.05. The van der Waals surface area contributed by atoms with Crippen LogP contribution in [0.15, 0.2) is 48.5 Å². The first-order valence-corrected chi connectivity index (χ1v) is 8.04. The molecule has 0 unspecified atom stereocenters. The van der Waals surface area contributed by atoms with E-state index in [1.165, 1.54) is 22.3 Å². The van der Waals surface area contributed by atoms with Gasteiger partial charge in [0.2, 0.25) is 0 Å². The maximum atomic E-state index is 3.45. The molecule has 92 valence electrons. The minimum atomic E-state index is 0.908. The van der Waals surface area contributed by atoms with Crippen LogP contribution in [0.4, 0.5) is 0 Å². The number of halogens is 2. The minimum absolute atomic E-state index is 0.908. The molecular formula is C16H14Br2. The maximum Gasteiger partial charge on any atom is 0.0283 e. The lowest BCUT2D eigenvalue weighted by Crippen LogP contribution is -1.79. The summed E-state index contributed by atoms with van der Waals surface area (Å²) in [4.78, 5) is 0. The standard InChI is InChI=1S/C16H14Br2/c17-11-15-7-3-13(4-8-15)1-2-14-5-9-16(12-18)10-6-14/h1-10H,11-12H2. The fraction of sp³-hybridized carbons (Fsp3) is 0.125. The van der Waals surface area contributed by atoms with Crippen LogP contribution in [-0.2, 0) is 10.7 Å². The van der Waals surface area contributed by atoms with Crippen molar-refractivity contribution in [1.82, 2.24) is 0 Å². The van der Waals surface area contributed by atoms with Crippen molar-refractivity contribution < 1.29 is 0 Å². The average Bonchev–Trinajstić information content (AvgIpc) is 2.46. The quantitative estimate of drug-likeness (QED) is 0.485. The van der Waals surface area contributed by atoms with E-state index in [2.05, 4.69) is 92.5 Å². The van der Waals surface area contributed by atoms with Gasteiger partial charge in [-0.05, 0) is 22.3 Å². The Morgan fingerprint density at radius 2 is 0.944 bits per heavy atom. The van der Waals surface area contributed by atoms with Crippen LogP contribution in [0.5, 0.6) is 0 Å². The fourth-order valence-electron chi connectivity index (χ4n) is 1.63. The number of rotatable bonds is 4. The van der Waals surface area contributed by atoms with E-state index >= 15 is 0 Å². The molecule has 0 radical (unpaired) electrons. The largest absolute Gasteiger partial charge is 0.0876 e. The van der Waals surface area contributed by atoms with Crippen molar-refractivity contribution >= 4 is 44.0 Å². The van der Waals surface area contributed by atoms with Crippen molar-refractivity contribution in [2.24, 2.45) is 0 Å². The first-order chi connectivity index (χ1) is 8.81. The summed E-state index contributed by atoms with van der Waals surface area (Å²) >= 11 is 6.90. The van der Waals surface area contributed by atoms with E-state index in [1.54, 1.807) is 0 Å². The molecule has 0 bridgehead atoms. The molecule has 2 aromatic rings. The van der Waals surface area contributed by atoms with Gasteiger partial charge in [0, 0.05) is 10.7 Å². The minimum Gasteiger partial charge on any atom is -0.0876 e. The van der Waals surface area contributed by atoms with Gasteiger partial charge in [-0.2, -0.15) is 0 Å². The van der Waals surface area contributed by atoms with Gasteiger partial charge in [0.25, 0.3) is 0 Å². The Labute approximate surface area is 125 Å². The number of hydrogen-bond acceptors (Lipinski definition) is 0. The van der Waals surface area contributed by atoms with E-state index in [1.807, 2.05) is 0 Å². The van der Waals surface area contributed by atoms with Gasteiger partial charge in [-0.25, -0.2) is 0 Å². The van der Waals surface area contributed by atoms with Crippen LogP contribution in [0.1, 0.15) is 22.3 Å². The lowest BCUT2D eigenvalue weighted by Gasteiger charge is -1.98. The van der Waals surface area contributed by atoms with Crippen molar-refractivity contribution in [2.45, 2.75) is 10.7 Å². The topological polar surface area (TPSA) is 0 Å². The number of benzene rings is 2. The summed E-state index contributed by atoms with van der Waals surface area (Å²) in [6.45, 7) is 0. The summed E-state index contributed by atoms with van der Waals surface area (Å²) in [7, 11) is 0. The summed E-state index contributed by atoms with van der Waals surface area (Å²) in [5.74, 6) is 0. The fourth-order valence-corrected chi connectivity index (χ4v) is 2.38. The third-order valence-corrected chi connectivity index (χ3v) is 4.03. The predicted molar refractivity (Wildman–Crippen MR) is 87.1 cm³/mol. The third-order valence-electron chi connectivity index (χ3n) is 2.74. The molecule has 0 aromatic heterocycles. The Morgan fingerprint density at radius 3 is 1.22 bits per heavy atom. The summed E-state index contributed by atoms with van der Waals surface area (Å²) in [6, 6.07) is 17.1. The van der Waals surface area contributed by atoms with E-state index in [9.17, 15) is 0 Å². The van der Waals surface area contributed by atoms with Crippen LogP contribution in [0, 0.1) is 0 Å². The molecule has 0 atom stereocenters. The van der Waals surface area contributed by atoms with Crippen molar-refractivity contribution in [3.8, 4) is 0 Å². The molecule has 0 spiro atoms. The second-order valence-corrected chi connectivity index (χ2v) is 5.21. The molecule has 2 rings (SSSR count). The number of alkyl halides is 2. The predicted octanol–water partition coefficient (Wildman–Crippen LogP) is 5.65. The van der Waals surface area contributed by atoms with Gasteiger partial charge in [-0.15, -0.1) is 0 Å². The molecule has 2 aromatic carbocycles. The summed E-state index contributed by atoms with van der Waals surface area (Å²) in [5, 5.41) is 1.82. The van der Waals surface area contributed by atoms with Crippen LogP contribution in [-0.4, -0.2) is 0 Å². The molecule has 0 aliphatic heterocycles. The second kappa shape index (κ2) is 6.91. The van der Waals surface area contributed by atoms with E-state index < -0.39 is 0 Å². The van der Waals surface area contributed by atoms with Crippen LogP contribution in [0.25, 0.3) is 12.2 Å². The average molecular weight is 366 g/mol. The van der Waals surface area contributed by atoms with Gasteiger partial charge in [0.1, 0.15) is 0 Å². The van der Waals surface area contributed by atoms with Gasteiger partial charge >= 0.3 is 0 Å². The van der Waals surface area contributed by atoms with Crippen molar-refractivity contribution in [1.29, 1.82) is 0 Å². The van der Waals surface area contributed by atoms with E-state index in [-0.39, 0.29) is 0 Å². The Kier molecular flexibility index (Phi) is 5.21. The lowest BCUT2D eigenvalue weighted by molar-refractivity contribution is 1.43. The molecular weight excluding hydrogens is 352 g/mol.